The molecule has 8 heteroatoms. The lowest BCUT2D eigenvalue weighted by atomic mass is 10.1. The van der Waals surface area contributed by atoms with E-state index in [2.05, 4.69) is 49.6 Å². The Morgan fingerprint density at radius 3 is 2.83 bits per heavy atom. The molecule has 5 aromatic rings. The average molecular weight is 399 g/mol. The molecule has 1 fully saturated rings. The Morgan fingerprint density at radius 2 is 1.93 bits per heavy atom. The van der Waals surface area contributed by atoms with Crippen molar-refractivity contribution in [1.82, 2.24) is 29.5 Å². The SMILES string of the molecule is CN1CCCN(c2ccnc3c2cc(-c2nnco2)c2nc4ccccc4n23)CC1. The van der Waals surface area contributed by atoms with Crippen LogP contribution in [0.25, 0.3) is 39.2 Å². The molecule has 4 aromatic heterocycles. The zero-order chi connectivity index (χ0) is 20.1. The van der Waals surface area contributed by atoms with Crippen molar-refractivity contribution in [3.63, 3.8) is 0 Å². The van der Waals surface area contributed by atoms with Gasteiger partial charge in [0.1, 0.15) is 5.65 Å². The van der Waals surface area contributed by atoms with Gasteiger partial charge >= 0.3 is 0 Å². The zero-order valence-corrected chi connectivity index (χ0v) is 16.7. The highest BCUT2D eigenvalue weighted by molar-refractivity contribution is 6.00. The number of hydrogen-bond donors (Lipinski definition) is 0. The number of benzene rings is 1. The van der Waals surface area contributed by atoms with Crippen LogP contribution < -0.4 is 4.90 Å². The quantitative estimate of drug-likeness (QED) is 0.451. The number of fused-ring (bicyclic) bond motifs is 5. The first-order chi connectivity index (χ1) is 14.8. The largest absolute Gasteiger partial charge is 0.423 e. The van der Waals surface area contributed by atoms with Crippen LogP contribution in [0.15, 0.2) is 53.4 Å². The monoisotopic (exact) mass is 399 g/mol. The topological polar surface area (TPSA) is 75.6 Å². The van der Waals surface area contributed by atoms with E-state index >= 15 is 0 Å². The summed E-state index contributed by atoms with van der Waals surface area (Å²) in [6.45, 7) is 4.15. The van der Waals surface area contributed by atoms with E-state index in [0.29, 0.717) is 5.89 Å². The molecule has 30 heavy (non-hydrogen) atoms. The lowest BCUT2D eigenvalue weighted by molar-refractivity contribution is 0.360. The molecule has 0 N–H and O–H groups in total. The molecule has 0 unspecified atom stereocenters. The van der Waals surface area contributed by atoms with Crippen molar-refractivity contribution in [2.75, 3.05) is 38.1 Å². The fourth-order valence-corrected chi connectivity index (χ4v) is 4.41. The summed E-state index contributed by atoms with van der Waals surface area (Å²) in [5.41, 5.74) is 5.58. The third-order valence-corrected chi connectivity index (χ3v) is 5.90. The minimum atomic E-state index is 0.461. The second kappa shape index (κ2) is 6.77. The van der Waals surface area contributed by atoms with Crippen LogP contribution in [0, 0.1) is 0 Å². The molecule has 6 rings (SSSR count). The van der Waals surface area contributed by atoms with Crippen LogP contribution in [0.1, 0.15) is 6.42 Å². The summed E-state index contributed by atoms with van der Waals surface area (Å²) in [5.74, 6) is 0.461. The second-order valence-corrected chi connectivity index (χ2v) is 7.77. The molecule has 1 aliphatic rings. The molecule has 150 valence electrons. The number of nitrogens with zero attached hydrogens (tertiary/aromatic N) is 7. The predicted molar refractivity (Wildman–Crippen MR) is 116 cm³/mol. The van der Waals surface area contributed by atoms with Gasteiger partial charge in [0, 0.05) is 36.9 Å². The first kappa shape index (κ1) is 17.3. The molecular weight excluding hydrogens is 378 g/mol. The van der Waals surface area contributed by atoms with Gasteiger partial charge in [0.05, 0.1) is 16.6 Å². The van der Waals surface area contributed by atoms with E-state index < -0.39 is 0 Å². The molecular formula is C22H21N7O. The zero-order valence-electron chi connectivity index (χ0n) is 16.7. The standard InChI is InChI=1S/C22H21N7O/c1-27-9-4-10-28(12-11-27)18-7-8-23-20-15(18)13-16(22-26-24-14-30-22)21-25-17-5-2-3-6-19(17)29(20)21/h2-3,5-8,13-14H,4,9-12H2,1H3. The number of rotatable bonds is 2. The first-order valence-corrected chi connectivity index (χ1v) is 10.2. The summed E-state index contributed by atoms with van der Waals surface area (Å²) >= 11 is 0. The summed E-state index contributed by atoms with van der Waals surface area (Å²) < 4.78 is 7.68. The van der Waals surface area contributed by atoms with E-state index in [-0.39, 0.29) is 0 Å². The van der Waals surface area contributed by atoms with Crippen molar-refractivity contribution in [2.24, 2.45) is 0 Å². The van der Waals surface area contributed by atoms with Gasteiger partial charge in [-0.3, -0.25) is 4.40 Å². The Balaban J connectivity index is 1.69. The molecule has 1 aromatic carbocycles. The van der Waals surface area contributed by atoms with Gasteiger partial charge in [0.2, 0.25) is 6.39 Å². The van der Waals surface area contributed by atoms with Gasteiger partial charge in [-0.15, -0.1) is 10.2 Å². The predicted octanol–water partition coefficient (Wildman–Crippen LogP) is 3.23. The van der Waals surface area contributed by atoms with Gasteiger partial charge in [-0.25, -0.2) is 9.97 Å². The van der Waals surface area contributed by atoms with E-state index in [1.165, 1.54) is 12.1 Å². The Morgan fingerprint density at radius 1 is 1.00 bits per heavy atom. The molecule has 0 saturated carbocycles. The van der Waals surface area contributed by atoms with Crippen LogP contribution >= 0.6 is 0 Å². The number of aromatic nitrogens is 5. The maximum Gasteiger partial charge on any atom is 0.251 e. The molecule has 0 amide bonds. The van der Waals surface area contributed by atoms with E-state index in [9.17, 15) is 0 Å². The van der Waals surface area contributed by atoms with Crippen molar-refractivity contribution in [1.29, 1.82) is 0 Å². The number of hydrogen-bond acceptors (Lipinski definition) is 7. The maximum atomic E-state index is 5.58. The minimum absolute atomic E-state index is 0.461. The number of pyridine rings is 2. The second-order valence-electron chi connectivity index (χ2n) is 7.77. The summed E-state index contributed by atoms with van der Waals surface area (Å²) in [7, 11) is 2.18. The number of anilines is 1. The van der Waals surface area contributed by atoms with Crippen molar-refractivity contribution < 1.29 is 4.42 Å². The van der Waals surface area contributed by atoms with Crippen LogP contribution in [0.5, 0.6) is 0 Å². The van der Waals surface area contributed by atoms with Gasteiger partial charge in [-0.1, -0.05) is 12.1 Å². The molecule has 0 bridgehead atoms. The third kappa shape index (κ3) is 2.64. The van der Waals surface area contributed by atoms with Crippen LogP contribution in [0.2, 0.25) is 0 Å². The van der Waals surface area contributed by atoms with Crippen molar-refractivity contribution in [3.05, 3.63) is 49.0 Å². The van der Waals surface area contributed by atoms with Gasteiger partial charge in [-0.05, 0) is 44.3 Å². The summed E-state index contributed by atoms with van der Waals surface area (Å²) in [6.07, 6.45) is 4.38. The van der Waals surface area contributed by atoms with Gasteiger partial charge in [0.25, 0.3) is 5.89 Å². The highest BCUT2D eigenvalue weighted by Crippen LogP contribution is 2.35. The number of likely N-dealkylation sites (N-methyl/N-ethyl adjacent to an activating group) is 1. The van der Waals surface area contributed by atoms with E-state index in [4.69, 9.17) is 14.4 Å². The lowest BCUT2D eigenvalue weighted by Gasteiger charge is -2.24. The summed E-state index contributed by atoms with van der Waals surface area (Å²) in [5, 5.41) is 9.12. The average Bonchev–Trinajstić information content (AvgIpc) is 3.38. The highest BCUT2D eigenvalue weighted by atomic mass is 16.4. The maximum absolute atomic E-state index is 5.58. The van der Waals surface area contributed by atoms with Crippen molar-refractivity contribution in [2.45, 2.75) is 6.42 Å². The Hall–Kier alpha value is -3.52. The van der Waals surface area contributed by atoms with Crippen molar-refractivity contribution >= 4 is 33.4 Å². The molecule has 0 radical (unpaired) electrons. The first-order valence-electron chi connectivity index (χ1n) is 10.2. The van der Waals surface area contributed by atoms with E-state index in [1.54, 1.807) is 0 Å². The van der Waals surface area contributed by atoms with Gasteiger partial charge in [0.15, 0.2) is 5.65 Å². The van der Waals surface area contributed by atoms with Gasteiger partial charge in [-0.2, -0.15) is 0 Å². The molecule has 0 aliphatic carbocycles. The Labute approximate surface area is 172 Å². The van der Waals surface area contributed by atoms with Crippen LogP contribution in [0.4, 0.5) is 5.69 Å². The molecule has 1 aliphatic heterocycles. The number of para-hydroxylation sites is 2. The van der Waals surface area contributed by atoms with Crippen LogP contribution in [-0.2, 0) is 0 Å². The van der Waals surface area contributed by atoms with Gasteiger partial charge < -0.3 is 14.2 Å². The number of imidazole rings is 1. The fraction of sp³-hybridized carbons (Fsp3) is 0.273. The summed E-state index contributed by atoms with van der Waals surface area (Å²) in [6, 6.07) is 12.3. The van der Waals surface area contributed by atoms with E-state index in [1.807, 2.05) is 24.4 Å². The molecule has 1 saturated heterocycles. The third-order valence-electron chi connectivity index (χ3n) is 5.90. The van der Waals surface area contributed by atoms with Crippen LogP contribution in [-0.4, -0.2) is 62.7 Å². The molecule has 0 spiro atoms. The summed E-state index contributed by atoms with van der Waals surface area (Å²) in [4.78, 5) is 14.5. The lowest BCUT2D eigenvalue weighted by Crippen LogP contribution is -2.29. The van der Waals surface area contributed by atoms with Crippen molar-refractivity contribution in [3.8, 4) is 11.5 Å². The highest BCUT2D eigenvalue weighted by Gasteiger charge is 2.21. The van der Waals surface area contributed by atoms with E-state index in [0.717, 1.165) is 65.9 Å². The smallest absolute Gasteiger partial charge is 0.251 e. The molecule has 5 heterocycles. The normalized spacial score (nSPS) is 16.0. The van der Waals surface area contributed by atoms with Crippen LogP contribution in [0.3, 0.4) is 0 Å². The Bertz CT molecular complexity index is 1360. The minimum Gasteiger partial charge on any atom is -0.423 e. The molecule has 0 atom stereocenters. The Kier molecular flexibility index (Phi) is 3.92. The molecule has 8 nitrogen and oxygen atoms in total. The fourth-order valence-electron chi connectivity index (χ4n) is 4.41.